The summed E-state index contributed by atoms with van der Waals surface area (Å²) in [4.78, 5) is 0. The van der Waals surface area contributed by atoms with E-state index in [0.29, 0.717) is 10.8 Å². The van der Waals surface area contributed by atoms with Gasteiger partial charge in [0.15, 0.2) is 5.41 Å². The van der Waals surface area contributed by atoms with Gasteiger partial charge >= 0.3 is 12.4 Å². The van der Waals surface area contributed by atoms with Crippen LogP contribution in [0.2, 0.25) is 13.1 Å². The number of sulfone groups is 1. The summed E-state index contributed by atoms with van der Waals surface area (Å²) in [5, 5.41) is 3.18. The Morgan fingerprint density at radius 1 is 0.447 bits per heavy atom. The van der Waals surface area contributed by atoms with Crippen molar-refractivity contribution in [3.8, 4) is 22.3 Å². The predicted octanol–water partition coefficient (Wildman–Crippen LogP) is 27.4. The molecule has 574 valence electrons. The molecule has 8 aromatic carbocycles. The van der Waals surface area contributed by atoms with Gasteiger partial charge in [0.1, 0.15) is 17.9 Å². The number of halogens is 6. The third kappa shape index (κ3) is 38.6. The number of hydrogen-bond donors (Lipinski definition) is 0. The maximum atomic E-state index is 11.6. The largest absolute Gasteiger partial charge is 0.402 e. The molecule has 103 heavy (non-hydrogen) atoms. The molecule has 0 unspecified atom stereocenters. The summed E-state index contributed by atoms with van der Waals surface area (Å²) in [6.07, 6.45) is 7.11. The van der Waals surface area contributed by atoms with Crippen molar-refractivity contribution >= 4 is 40.0 Å². The fourth-order valence-corrected chi connectivity index (χ4v) is 13.5. The van der Waals surface area contributed by atoms with E-state index in [0.717, 1.165) is 12.5 Å². The Balaban J connectivity index is 0. The Kier molecular flexibility index (Phi) is 46.2. The smallest absolute Gasteiger partial charge is 0.388 e. The first-order valence-corrected chi connectivity index (χ1v) is 43.2. The van der Waals surface area contributed by atoms with E-state index in [4.69, 9.17) is 0 Å². The number of ether oxygens (including phenoxy) is 1. The minimum atomic E-state index is -5.24. The van der Waals surface area contributed by atoms with Crippen molar-refractivity contribution in [2.45, 2.75) is 226 Å². The van der Waals surface area contributed by atoms with E-state index in [1.54, 1.807) is 36.4 Å². The lowest BCUT2D eigenvalue weighted by Crippen LogP contribution is -2.49. The zero-order valence-corrected chi connectivity index (χ0v) is 71.2. The molecule has 1 saturated carbocycles. The zero-order chi connectivity index (χ0) is 79.7. The standard InChI is InChI=1S/C15H14.C15H16.C14H14Si.C8H10.C8H16.C8H10.C5H6F6.C5H12.C4H10.C3H8.C2H6O2S.C2H6O.C2H6S/c1-15(2)13-9-5-3-7-11(13)12-8-4-6-10-14(12)15;1-15(2,13-9-5-3-6-10-13)14-11-7-4-8-12-14;1-15(2)13-9-5-3-7-11(13)12-8-4-6-10-14(12)15;1-7-4-3-5-8(2)6-7;1-8(2)6-4-3-5-7-8;1-7-5-3-4-6-8(7)2;1-3(2,4(6,7)8)5(9,10)11;1-5(2,3)4;1-3-4-2;1-3-2;1-5(2,3)4;2*1-3-2/h3-10H,1-2H3;3-12H,1-2H3;3-10H,1-2H3;3-6H,1-2H3;3-7H2,1-2H3;3-6H,1-2H3;1-2H3;1-4H3;3-4H2,1-2H3;3H2,1-2H3;1-2H3;2*1-2H3. The van der Waals surface area contributed by atoms with Gasteiger partial charge in [-0.3, -0.25) is 0 Å². The summed E-state index contributed by atoms with van der Waals surface area (Å²) in [7, 11) is -0.798. The fraction of sp³-hybridized carbons (Fsp3) is 0.473. The summed E-state index contributed by atoms with van der Waals surface area (Å²) in [6.45, 7) is 44.8. The molecule has 0 amide bonds. The zero-order valence-electron chi connectivity index (χ0n) is 68.6. The SMILES string of the molecule is CC(C)(C(F)(F)F)C(F)(F)F.CC(C)(C)C.CC(C)(c1ccccc1)c1ccccc1.CC1(C)CCCCC1.CC1(C)c2ccccc2-c2ccccc21.CCC.CCCC.COC.CS(C)(=O)=O.CSC.C[Si]1(C)c2ccccc2-c2ccccc21.Cc1cccc(C)c1.Cc1ccccc1C. The van der Waals surface area contributed by atoms with Gasteiger partial charge in [-0.1, -0.05) is 366 Å². The van der Waals surface area contributed by atoms with E-state index in [-0.39, 0.29) is 24.7 Å². The summed E-state index contributed by atoms with van der Waals surface area (Å²) >= 11 is 1.75. The molecule has 0 atom stereocenters. The third-order valence-corrected chi connectivity index (χ3v) is 20.3. The van der Waals surface area contributed by atoms with Crippen molar-refractivity contribution in [3.63, 3.8) is 0 Å². The fourth-order valence-electron chi connectivity index (χ4n) is 10.4. The van der Waals surface area contributed by atoms with Crippen LogP contribution in [-0.2, 0) is 25.4 Å². The lowest BCUT2D eigenvalue weighted by Gasteiger charge is -2.29. The van der Waals surface area contributed by atoms with Crippen molar-refractivity contribution in [3.05, 3.63) is 251 Å². The number of aryl methyl sites for hydroxylation is 4. The molecule has 1 fully saturated rings. The first-order valence-electron chi connectivity index (χ1n) is 36.2. The van der Waals surface area contributed by atoms with Crippen molar-refractivity contribution in [2.75, 3.05) is 39.2 Å². The maximum absolute atomic E-state index is 11.6. The molecular weight excluding hydrogens is 1350 g/mol. The van der Waals surface area contributed by atoms with Crippen LogP contribution in [-0.4, -0.2) is 68.1 Å². The number of hydrogen-bond acceptors (Lipinski definition) is 4. The topological polar surface area (TPSA) is 43.4 Å². The molecule has 8 aromatic rings. The Labute approximate surface area is 630 Å². The number of benzene rings is 8. The Bertz CT molecular complexity index is 3340. The van der Waals surface area contributed by atoms with Gasteiger partial charge in [-0.15, -0.1) is 0 Å². The lowest BCUT2D eigenvalue weighted by molar-refractivity contribution is -0.327. The highest BCUT2D eigenvalue weighted by atomic mass is 32.2. The molecule has 12 heteroatoms. The highest BCUT2D eigenvalue weighted by Crippen LogP contribution is 2.50. The maximum Gasteiger partial charge on any atom is 0.402 e. The van der Waals surface area contributed by atoms with Gasteiger partial charge in [0.05, 0.1) is 0 Å². The molecule has 0 spiro atoms. The van der Waals surface area contributed by atoms with Crippen LogP contribution in [0.3, 0.4) is 0 Å². The van der Waals surface area contributed by atoms with E-state index in [9.17, 15) is 34.8 Å². The van der Waals surface area contributed by atoms with E-state index in [1.165, 1.54) is 118 Å². The van der Waals surface area contributed by atoms with Gasteiger partial charge in [0.2, 0.25) is 0 Å². The molecule has 11 rings (SSSR count). The number of unbranched alkanes of at least 4 members (excludes halogenated alkanes) is 1. The molecule has 0 saturated heterocycles. The van der Waals surface area contributed by atoms with Gasteiger partial charge in [0, 0.05) is 37.6 Å². The Morgan fingerprint density at radius 2 is 0.709 bits per heavy atom. The van der Waals surface area contributed by atoms with Crippen LogP contribution in [0.4, 0.5) is 26.3 Å². The molecule has 0 radical (unpaired) electrons. The minimum Gasteiger partial charge on any atom is -0.388 e. The number of thioether (sulfide) groups is 1. The summed E-state index contributed by atoms with van der Waals surface area (Å²) in [6, 6.07) is 73.3. The first-order chi connectivity index (χ1) is 47.6. The van der Waals surface area contributed by atoms with E-state index in [2.05, 4.69) is 349 Å². The van der Waals surface area contributed by atoms with E-state index in [1.807, 2.05) is 12.5 Å². The third-order valence-electron chi connectivity index (χ3n) is 16.7. The van der Waals surface area contributed by atoms with Crippen molar-refractivity contribution < 1.29 is 39.5 Å². The lowest BCUT2D eigenvalue weighted by atomic mass is 9.78. The van der Waals surface area contributed by atoms with Gasteiger partial charge in [-0.25, -0.2) is 8.42 Å². The Morgan fingerprint density at radius 3 is 0.942 bits per heavy atom. The second-order valence-corrected chi connectivity index (χ2v) is 38.5. The van der Waals surface area contributed by atoms with Crippen LogP contribution in [0.25, 0.3) is 22.3 Å². The van der Waals surface area contributed by atoms with Crippen LogP contribution in [0.15, 0.2) is 206 Å². The highest BCUT2D eigenvalue weighted by molar-refractivity contribution is 7.97. The van der Waals surface area contributed by atoms with E-state index >= 15 is 0 Å². The molecule has 3 nitrogen and oxygen atoms in total. The summed E-state index contributed by atoms with van der Waals surface area (Å²) in [5.41, 5.74) is 14.6. The molecule has 0 aromatic heterocycles. The second-order valence-electron chi connectivity index (χ2n) is 31.0. The quantitative estimate of drug-likeness (QED) is 0.131. The molecule has 2 aliphatic carbocycles. The Hall–Kier alpha value is -6.18. The number of methoxy groups -OCH3 is 1. The van der Waals surface area contributed by atoms with Gasteiger partial charge in [0.25, 0.3) is 0 Å². The average molecular weight is 1480 g/mol. The van der Waals surface area contributed by atoms with Gasteiger partial charge < -0.3 is 4.74 Å². The molecule has 1 aliphatic heterocycles. The molecule has 1 heterocycles. The van der Waals surface area contributed by atoms with Crippen LogP contribution < -0.4 is 10.4 Å². The number of alkyl halides is 6. The van der Waals surface area contributed by atoms with Crippen LogP contribution in [0.1, 0.15) is 207 Å². The van der Waals surface area contributed by atoms with Crippen molar-refractivity contribution in [1.82, 2.24) is 0 Å². The number of rotatable bonds is 3. The molecular formula is C91H134F6O3S2Si. The highest BCUT2D eigenvalue weighted by Gasteiger charge is 2.64. The minimum absolute atomic E-state index is 0.0858. The van der Waals surface area contributed by atoms with Crippen LogP contribution in [0, 0.1) is 43.9 Å². The normalized spacial score (nSPS) is 13.5. The monoisotopic (exact) mass is 1480 g/mol. The molecule has 0 N–H and O–H groups in total. The van der Waals surface area contributed by atoms with Crippen LogP contribution in [0.5, 0.6) is 0 Å². The van der Waals surface area contributed by atoms with Crippen molar-refractivity contribution in [2.24, 2.45) is 16.2 Å². The summed E-state index contributed by atoms with van der Waals surface area (Å²) in [5.74, 6) is 0. The predicted molar refractivity (Wildman–Crippen MR) is 447 cm³/mol. The second kappa shape index (κ2) is 48.1. The summed E-state index contributed by atoms with van der Waals surface area (Å²) < 4.78 is 93.2. The van der Waals surface area contributed by atoms with Gasteiger partial charge in [-0.05, 0) is 144 Å². The van der Waals surface area contributed by atoms with Crippen molar-refractivity contribution in [1.29, 1.82) is 0 Å². The molecule has 3 aliphatic rings. The first kappa shape index (κ1) is 98.9. The van der Waals surface area contributed by atoms with Gasteiger partial charge in [-0.2, -0.15) is 38.1 Å². The average Bonchev–Trinajstić information content (AvgIpc) is 1.60. The molecule has 0 bridgehead atoms. The van der Waals surface area contributed by atoms with E-state index < -0.39 is 35.7 Å². The number of fused-ring (bicyclic) bond motifs is 6. The van der Waals surface area contributed by atoms with Crippen LogP contribution >= 0.6 is 11.8 Å².